The van der Waals surface area contributed by atoms with Gasteiger partial charge in [-0.3, -0.25) is 9.35 Å². The van der Waals surface area contributed by atoms with Crippen molar-refractivity contribution in [2.24, 2.45) is 0 Å². The average Bonchev–Trinajstić information content (AvgIpc) is 3.18. The number of esters is 1. The van der Waals surface area contributed by atoms with Gasteiger partial charge >= 0.3 is 21.9 Å². The lowest BCUT2D eigenvalue weighted by molar-refractivity contribution is -0.154. The van der Waals surface area contributed by atoms with Gasteiger partial charge in [0.15, 0.2) is 0 Å². The summed E-state index contributed by atoms with van der Waals surface area (Å²) in [5, 5.41) is 1.08. The lowest BCUT2D eigenvalue weighted by atomic mass is 10.1. The number of hydrogen-bond acceptors (Lipinski definition) is 8. The summed E-state index contributed by atoms with van der Waals surface area (Å²) < 4.78 is 46.2. The van der Waals surface area contributed by atoms with E-state index in [2.05, 4.69) is 4.98 Å². The van der Waals surface area contributed by atoms with Crippen LogP contribution in [0.1, 0.15) is 33.6 Å². The van der Waals surface area contributed by atoms with Gasteiger partial charge in [0.1, 0.15) is 16.2 Å². The van der Waals surface area contributed by atoms with Crippen molar-refractivity contribution in [2.75, 3.05) is 10.8 Å². The molecule has 0 amide bonds. The third-order valence-electron chi connectivity index (χ3n) is 4.97. The number of rotatable bonds is 7. The number of ether oxygens (including phenoxy) is 1. The van der Waals surface area contributed by atoms with Crippen LogP contribution in [0.25, 0.3) is 31.8 Å². The van der Waals surface area contributed by atoms with E-state index in [1.165, 1.54) is 23.5 Å². The lowest BCUT2D eigenvalue weighted by Crippen LogP contribution is -2.32. The molecule has 2 heterocycles. The fourth-order valence-electron chi connectivity index (χ4n) is 3.53. The monoisotopic (exact) mass is 516 g/mol. The van der Waals surface area contributed by atoms with Crippen LogP contribution in [0.5, 0.6) is 0 Å². The first-order valence-corrected chi connectivity index (χ1v) is 13.0. The van der Waals surface area contributed by atoms with Crippen molar-refractivity contribution in [3.63, 3.8) is 0 Å². The first kappa shape index (κ1) is 24.8. The van der Waals surface area contributed by atoms with Gasteiger partial charge in [0.2, 0.25) is 0 Å². The van der Waals surface area contributed by atoms with Crippen molar-refractivity contribution in [1.82, 2.24) is 4.98 Å². The molecular weight excluding hydrogens is 492 g/mol. The fraction of sp³-hybridized carbons (Fsp3) is 0.292. The van der Waals surface area contributed by atoms with Gasteiger partial charge in [0, 0.05) is 24.4 Å². The minimum atomic E-state index is -4.64. The van der Waals surface area contributed by atoms with E-state index in [9.17, 15) is 22.6 Å². The number of para-hydroxylation sites is 1. The van der Waals surface area contributed by atoms with Crippen LogP contribution in [0.15, 0.2) is 57.7 Å². The molecule has 0 aliphatic heterocycles. The number of hydrogen-bond donors (Lipinski definition) is 1. The minimum absolute atomic E-state index is 0.0303. The van der Waals surface area contributed by atoms with Gasteiger partial charge in [0.05, 0.1) is 21.5 Å². The van der Waals surface area contributed by atoms with Crippen LogP contribution in [-0.4, -0.2) is 36.1 Å². The molecule has 184 valence electrons. The SMILES string of the molecule is CC(C)(C)OC(=O)CCCN(c1ccc2cc(-c3nc4ccccc4s3)c(=O)oc2c1)S(=O)(=O)O. The molecule has 1 N–H and O–H groups in total. The zero-order valence-electron chi connectivity index (χ0n) is 19.3. The number of fused-ring (bicyclic) bond motifs is 2. The van der Waals surface area contributed by atoms with E-state index in [0.717, 1.165) is 14.5 Å². The standard InChI is InChI=1S/C24H24N2O7S2/c1-24(2,3)33-21(27)9-6-12-26(35(29,30)31)16-11-10-15-13-17(23(28)32-19(15)14-16)22-25-18-7-4-5-8-20(18)34-22/h4-5,7-8,10-11,13-14H,6,9,12H2,1-3H3,(H,29,30,31). The van der Waals surface area contributed by atoms with Crippen LogP contribution in [0.4, 0.5) is 5.69 Å². The van der Waals surface area contributed by atoms with Crippen LogP contribution >= 0.6 is 11.3 Å². The van der Waals surface area contributed by atoms with Gasteiger partial charge in [-0.05, 0) is 57.5 Å². The van der Waals surface area contributed by atoms with Gasteiger partial charge in [-0.25, -0.2) is 14.1 Å². The molecule has 0 saturated heterocycles. The molecular formula is C24H24N2O7S2. The molecule has 0 bridgehead atoms. The molecule has 2 aromatic carbocycles. The fourth-order valence-corrected chi connectivity index (χ4v) is 5.24. The zero-order valence-corrected chi connectivity index (χ0v) is 21.0. The van der Waals surface area contributed by atoms with Crippen LogP contribution in [0.3, 0.4) is 0 Å². The molecule has 0 saturated carbocycles. The lowest BCUT2D eigenvalue weighted by Gasteiger charge is -2.22. The van der Waals surface area contributed by atoms with E-state index in [1.54, 1.807) is 32.9 Å². The Balaban J connectivity index is 1.61. The van der Waals surface area contributed by atoms with E-state index < -0.39 is 27.5 Å². The normalized spacial score (nSPS) is 12.2. The largest absolute Gasteiger partial charge is 0.460 e. The summed E-state index contributed by atoms with van der Waals surface area (Å²) in [7, 11) is -4.64. The summed E-state index contributed by atoms with van der Waals surface area (Å²) >= 11 is 1.37. The summed E-state index contributed by atoms with van der Waals surface area (Å²) in [6.07, 6.45) is 0.0880. The minimum Gasteiger partial charge on any atom is -0.460 e. The smallest absolute Gasteiger partial charge is 0.359 e. The number of carbonyl (C=O) groups excluding carboxylic acids is 1. The maximum atomic E-state index is 12.7. The molecule has 9 nitrogen and oxygen atoms in total. The Hall–Kier alpha value is -3.28. The first-order chi connectivity index (χ1) is 16.4. The number of carbonyl (C=O) groups is 1. The number of thiazole rings is 1. The van der Waals surface area contributed by atoms with Crippen molar-refractivity contribution < 1.29 is 26.9 Å². The van der Waals surface area contributed by atoms with Crippen LogP contribution < -0.4 is 9.93 Å². The Morgan fingerprint density at radius 1 is 1.17 bits per heavy atom. The summed E-state index contributed by atoms with van der Waals surface area (Å²) in [6.45, 7) is 5.04. The molecule has 4 rings (SSSR count). The third-order valence-corrected chi connectivity index (χ3v) is 6.99. The van der Waals surface area contributed by atoms with Gasteiger partial charge in [0.25, 0.3) is 0 Å². The number of aromatic nitrogens is 1. The molecule has 11 heteroatoms. The van der Waals surface area contributed by atoms with E-state index in [1.807, 2.05) is 24.3 Å². The van der Waals surface area contributed by atoms with Crippen molar-refractivity contribution >= 4 is 54.5 Å². The Morgan fingerprint density at radius 2 is 1.91 bits per heavy atom. The molecule has 2 aromatic heterocycles. The second-order valence-electron chi connectivity index (χ2n) is 8.90. The first-order valence-electron chi connectivity index (χ1n) is 10.8. The summed E-state index contributed by atoms with van der Waals surface area (Å²) in [5.74, 6) is -0.473. The Bertz CT molecular complexity index is 1530. The highest BCUT2D eigenvalue weighted by molar-refractivity contribution is 7.87. The number of anilines is 1. The third kappa shape index (κ3) is 5.87. The van der Waals surface area contributed by atoms with E-state index in [4.69, 9.17) is 9.15 Å². The summed E-state index contributed by atoms with van der Waals surface area (Å²) in [6, 6.07) is 13.6. The van der Waals surface area contributed by atoms with Gasteiger partial charge in [-0.15, -0.1) is 11.3 Å². The molecule has 4 aromatic rings. The predicted octanol–water partition coefficient (Wildman–Crippen LogP) is 4.80. The second-order valence-corrected chi connectivity index (χ2v) is 11.3. The Morgan fingerprint density at radius 3 is 2.60 bits per heavy atom. The Labute approximate surface area is 205 Å². The van der Waals surface area contributed by atoms with Crippen molar-refractivity contribution in [3.8, 4) is 10.6 Å². The van der Waals surface area contributed by atoms with Gasteiger partial charge in [-0.1, -0.05) is 12.1 Å². The summed E-state index contributed by atoms with van der Waals surface area (Å²) in [4.78, 5) is 29.2. The van der Waals surface area contributed by atoms with Crippen LogP contribution in [-0.2, 0) is 19.8 Å². The molecule has 0 spiro atoms. The Kier molecular flexibility index (Phi) is 6.67. The average molecular weight is 517 g/mol. The van der Waals surface area contributed by atoms with E-state index in [-0.39, 0.29) is 30.7 Å². The highest BCUT2D eigenvalue weighted by Crippen LogP contribution is 2.31. The topological polar surface area (TPSA) is 127 Å². The van der Waals surface area contributed by atoms with Crippen molar-refractivity contribution in [3.05, 3.63) is 59.0 Å². The molecule has 35 heavy (non-hydrogen) atoms. The maximum absolute atomic E-state index is 12.7. The van der Waals surface area contributed by atoms with Crippen LogP contribution in [0, 0.1) is 0 Å². The number of nitrogens with zero attached hydrogens (tertiary/aromatic N) is 2. The van der Waals surface area contributed by atoms with E-state index in [0.29, 0.717) is 16.0 Å². The van der Waals surface area contributed by atoms with Gasteiger partial charge in [-0.2, -0.15) is 8.42 Å². The van der Waals surface area contributed by atoms with Crippen molar-refractivity contribution in [2.45, 2.75) is 39.2 Å². The zero-order chi connectivity index (χ0) is 25.4. The predicted molar refractivity (Wildman–Crippen MR) is 135 cm³/mol. The molecule has 0 unspecified atom stereocenters. The molecule has 0 radical (unpaired) electrons. The summed E-state index contributed by atoms with van der Waals surface area (Å²) in [5.41, 5.74) is 0.0585. The highest BCUT2D eigenvalue weighted by Gasteiger charge is 2.22. The highest BCUT2D eigenvalue weighted by atomic mass is 32.2. The van der Waals surface area contributed by atoms with Crippen molar-refractivity contribution in [1.29, 1.82) is 0 Å². The van der Waals surface area contributed by atoms with Crippen LogP contribution in [0.2, 0.25) is 0 Å². The number of benzene rings is 2. The van der Waals surface area contributed by atoms with E-state index >= 15 is 0 Å². The molecule has 0 aliphatic rings. The second kappa shape index (κ2) is 9.40. The quantitative estimate of drug-likeness (QED) is 0.211. The maximum Gasteiger partial charge on any atom is 0.359 e. The molecule has 0 atom stereocenters. The van der Waals surface area contributed by atoms with Gasteiger partial charge < -0.3 is 9.15 Å². The molecule has 0 fully saturated rings. The molecule has 0 aliphatic carbocycles.